The highest BCUT2D eigenvalue weighted by Crippen LogP contribution is 2.23. The topological polar surface area (TPSA) is 130 Å². The molecule has 1 rings (SSSR count). The molecule has 0 unspecified atom stereocenters. The molecule has 0 aliphatic carbocycles. The van der Waals surface area contributed by atoms with Crippen LogP contribution in [0, 0.1) is 0 Å². The van der Waals surface area contributed by atoms with Crippen LogP contribution in [0.3, 0.4) is 0 Å². The molecule has 3 N–H and O–H groups in total. The normalized spacial score (nSPS) is 16.2. The zero-order valence-electron chi connectivity index (χ0n) is 14.3. The number of rotatable bonds is 7. The number of amides is 3. The first kappa shape index (κ1) is 19.9. The van der Waals surface area contributed by atoms with Gasteiger partial charge in [0.2, 0.25) is 11.8 Å². The number of nitrogens with two attached hydrogens (primary N) is 1. The van der Waals surface area contributed by atoms with Crippen LogP contribution < -0.4 is 5.73 Å². The standard InChI is InChI=1S/C15H25N3O6/c1-15(2,3)24-14(23)17(18-11(19)7-8-12(18)20)10(13(21)22)6-4-5-9-16/h10H,4-9,16H2,1-3H3,(H,21,22)/t10-/m0/s1. The van der Waals surface area contributed by atoms with E-state index in [1.54, 1.807) is 20.8 Å². The predicted octanol–water partition coefficient (Wildman–Crippen LogP) is 0.870. The number of carbonyl (C=O) groups excluding carboxylic acids is 3. The fourth-order valence-corrected chi connectivity index (χ4v) is 2.29. The molecular formula is C15H25N3O6. The highest BCUT2D eigenvalue weighted by atomic mass is 16.6. The van der Waals surface area contributed by atoms with E-state index < -0.39 is 35.5 Å². The fourth-order valence-electron chi connectivity index (χ4n) is 2.29. The minimum atomic E-state index is -1.38. The van der Waals surface area contributed by atoms with Crippen molar-refractivity contribution in [2.75, 3.05) is 6.54 Å². The third kappa shape index (κ3) is 5.19. The summed E-state index contributed by atoms with van der Waals surface area (Å²) in [6.07, 6.45) is -0.105. The average Bonchev–Trinajstić information content (AvgIpc) is 2.76. The number of hydrogen-bond acceptors (Lipinski definition) is 6. The van der Waals surface area contributed by atoms with Crippen LogP contribution in [0.15, 0.2) is 0 Å². The Hall–Kier alpha value is -2.16. The van der Waals surface area contributed by atoms with Crippen LogP contribution in [0.1, 0.15) is 52.9 Å². The van der Waals surface area contributed by atoms with Gasteiger partial charge in [0.05, 0.1) is 0 Å². The number of hydrogen-bond donors (Lipinski definition) is 2. The molecule has 1 atom stereocenters. The fraction of sp³-hybridized carbons (Fsp3) is 0.733. The van der Waals surface area contributed by atoms with Gasteiger partial charge in [-0.25, -0.2) is 9.59 Å². The van der Waals surface area contributed by atoms with Crippen LogP contribution in [0.5, 0.6) is 0 Å². The molecule has 136 valence electrons. The Morgan fingerprint density at radius 1 is 1.25 bits per heavy atom. The first-order valence-electron chi connectivity index (χ1n) is 7.89. The summed E-state index contributed by atoms with van der Waals surface area (Å²) < 4.78 is 5.20. The van der Waals surface area contributed by atoms with E-state index in [0.717, 1.165) is 0 Å². The van der Waals surface area contributed by atoms with Crippen molar-refractivity contribution in [2.45, 2.75) is 64.5 Å². The lowest BCUT2D eigenvalue weighted by molar-refractivity contribution is -0.166. The minimum absolute atomic E-state index is 0.0584. The number of imide groups is 1. The van der Waals surface area contributed by atoms with Crippen LogP contribution in [0.4, 0.5) is 4.79 Å². The second-order valence-corrected chi connectivity index (χ2v) is 6.56. The number of unbranched alkanes of at least 4 members (excludes halogenated alkanes) is 1. The van der Waals surface area contributed by atoms with Crippen LogP contribution in [-0.4, -0.2) is 57.2 Å². The Labute approximate surface area is 140 Å². The molecular weight excluding hydrogens is 318 g/mol. The van der Waals surface area contributed by atoms with E-state index in [-0.39, 0.29) is 19.3 Å². The van der Waals surface area contributed by atoms with Gasteiger partial charge in [-0.05, 0) is 46.6 Å². The molecule has 0 radical (unpaired) electrons. The number of aliphatic carboxylic acids is 1. The van der Waals surface area contributed by atoms with Crippen LogP contribution >= 0.6 is 0 Å². The molecule has 0 aromatic rings. The molecule has 0 bridgehead atoms. The van der Waals surface area contributed by atoms with E-state index in [2.05, 4.69) is 0 Å². The van der Waals surface area contributed by atoms with Crippen molar-refractivity contribution in [1.82, 2.24) is 10.0 Å². The number of carboxylic acid groups (broad SMARTS) is 1. The second kappa shape index (κ2) is 8.09. The van der Waals surface area contributed by atoms with Crippen LogP contribution in [0.25, 0.3) is 0 Å². The highest BCUT2D eigenvalue weighted by molar-refractivity contribution is 6.03. The monoisotopic (exact) mass is 343 g/mol. The van der Waals surface area contributed by atoms with Crippen molar-refractivity contribution in [3.05, 3.63) is 0 Å². The maximum Gasteiger partial charge on any atom is 0.430 e. The summed E-state index contributed by atoms with van der Waals surface area (Å²) in [7, 11) is 0. The predicted molar refractivity (Wildman–Crippen MR) is 83.5 cm³/mol. The molecule has 1 aliphatic heterocycles. The molecule has 0 saturated carbocycles. The minimum Gasteiger partial charge on any atom is -0.480 e. The summed E-state index contributed by atoms with van der Waals surface area (Å²) in [5, 5.41) is 10.7. The van der Waals surface area contributed by atoms with Gasteiger partial charge in [0.15, 0.2) is 6.04 Å². The van der Waals surface area contributed by atoms with Gasteiger partial charge in [0.1, 0.15) is 5.60 Å². The molecule has 0 aromatic heterocycles. The van der Waals surface area contributed by atoms with Gasteiger partial charge < -0.3 is 15.6 Å². The lowest BCUT2D eigenvalue weighted by atomic mass is 10.1. The number of nitrogens with zero attached hydrogens (tertiary/aromatic N) is 2. The SMILES string of the molecule is CC(C)(C)OC(=O)N([C@@H](CCCCN)C(=O)O)N1C(=O)CCC1=O. The maximum atomic E-state index is 12.5. The third-order valence-corrected chi connectivity index (χ3v) is 3.33. The average molecular weight is 343 g/mol. The Morgan fingerprint density at radius 3 is 2.21 bits per heavy atom. The molecule has 9 nitrogen and oxygen atoms in total. The molecule has 24 heavy (non-hydrogen) atoms. The van der Waals surface area contributed by atoms with E-state index in [9.17, 15) is 24.3 Å². The summed E-state index contributed by atoms with van der Waals surface area (Å²) >= 11 is 0. The van der Waals surface area contributed by atoms with E-state index >= 15 is 0 Å². The molecule has 0 spiro atoms. The van der Waals surface area contributed by atoms with Crippen LogP contribution in [-0.2, 0) is 19.1 Å². The van der Waals surface area contributed by atoms with E-state index in [0.29, 0.717) is 29.4 Å². The first-order valence-corrected chi connectivity index (χ1v) is 7.89. The molecule has 0 aromatic carbocycles. The molecule has 3 amide bonds. The van der Waals surface area contributed by atoms with E-state index in [1.165, 1.54) is 0 Å². The highest BCUT2D eigenvalue weighted by Gasteiger charge is 2.44. The van der Waals surface area contributed by atoms with Gasteiger partial charge >= 0.3 is 12.1 Å². The summed E-state index contributed by atoms with van der Waals surface area (Å²) in [5.41, 5.74) is 4.50. The number of hydrazine groups is 1. The zero-order chi connectivity index (χ0) is 18.5. The van der Waals surface area contributed by atoms with Gasteiger partial charge in [-0.2, -0.15) is 10.0 Å². The Balaban J connectivity index is 3.14. The van der Waals surface area contributed by atoms with Crippen molar-refractivity contribution < 1.29 is 29.0 Å². The molecule has 1 fully saturated rings. The van der Waals surface area contributed by atoms with E-state index in [1.807, 2.05) is 0 Å². The smallest absolute Gasteiger partial charge is 0.430 e. The van der Waals surface area contributed by atoms with Gasteiger partial charge in [-0.3, -0.25) is 9.59 Å². The third-order valence-electron chi connectivity index (χ3n) is 3.33. The quantitative estimate of drug-likeness (QED) is 0.518. The van der Waals surface area contributed by atoms with E-state index in [4.69, 9.17) is 10.5 Å². The molecule has 1 saturated heterocycles. The van der Waals surface area contributed by atoms with Crippen molar-refractivity contribution >= 4 is 23.9 Å². The zero-order valence-corrected chi connectivity index (χ0v) is 14.3. The lowest BCUT2D eigenvalue weighted by Crippen LogP contribution is -2.58. The van der Waals surface area contributed by atoms with Crippen molar-refractivity contribution in [3.63, 3.8) is 0 Å². The lowest BCUT2D eigenvalue weighted by Gasteiger charge is -2.35. The van der Waals surface area contributed by atoms with Crippen molar-refractivity contribution in [1.29, 1.82) is 0 Å². The summed E-state index contributed by atoms with van der Waals surface area (Å²) in [5.74, 6) is -2.54. The largest absolute Gasteiger partial charge is 0.480 e. The molecule has 9 heteroatoms. The number of carbonyl (C=O) groups is 4. The second-order valence-electron chi connectivity index (χ2n) is 6.56. The van der Waals surface area contributed by atoms with Gasteiger partial charge in [-0.1, -0.05) is 0 Å². The summed E-state index contributed by atoms with van der Waals surface area (Å²) in [6.45, 7) is 5.21. The van der Waals surface area contributed by atoms with Crippen molar-refractivity contribution in [3.8, 4) is 0 Å². The maximum absolute atomic E-state index is 12.5. The van der Waals surface area contributed by atoms with Gasteiger partial charge in [-0.15, -0.1) is 0 Å². The summed E-state index contributed by atoms with van der Waals surface area (Å²) in [6, 6.07) is -1.38. The van der Waals surface area contributed by atoms with Crippen molar-refractivity contribution in [2.24, 2.45) is 5.73 Å². The van der Waals surface area contributed by atoms with Gasteiger partial charge in [0, 0.05) is 12.8 Å². The number of ether oxygens (including phenoxy) is 1. The Kier molecular flexibility index (Phi) is 6.70. The number of carboxylic acids is 1. The molecule has 1 aliphatic rings. The van der Waals surface area contributed by atoms with Gasteiger partial charge in [0.25, 0.3) is 0 Å². The van der Waals surface area contributed by atoms with Crippen LogP contribution in [0.2, 0.25) is 0 Å². The first-order chi connectivity index (χ1) is 11.1. The Morgan fingerprint density at radius 2 is 1.79 bits per heavy atom. The summed E-state index contributed by atoms with van der Waals surface area (Å²) in [4.78, 5) is 48.1. The molecule has 1 heterocycles. The Bertz CT molecular complexity index is 498.